The van der Waals surface area contributed by atoms with E-state index >= 15 is 0 Å². The molecular formula is C11H19N3O4S. The molecule has 0 aromatic carbocycles. The van der Waals surface area contributed by atoms with Crippen LogP contribution >= 0.6 is 0 Å². The number of hydrogen-bond donors (Lipinski definition) is 0. The van der Waals surface area contributed by atoms with Crippen molar-refractivity contribution in [3.63, 3.8) is 0 Å². The first-order valence-electron chi connectivity index (χ1n) is 6.04. The summed E-state index contributed by atoms with van der Waals surface area (Å²) in [5.41, 5.74) is 0. The molecule has 0 aliphatic carbocycles. The fourth-order valence-corrected chi connectivity index (χ4v) is 3.34. The van der Waals surface area contributed by atoms with E-state index in [1.807, 2.05) is 6.92 Å². The Morgan fingerprint density at radius 2 is 2.21 bits per heavy atom. The molecule has 108 valence electrons. The van der Waals surface area contributed by atoms with E-state index in [2.05, 4.69) is 14.8 Å². The summed E-state index contributed by atoms with van der Waals surface area (Å²) in [6, 6.07) is 0. The number of methoxy groups -OCH3 is 1. The highest BCUT2D eigenvalue weighted by Gasteiger charge is 2.24. The molecule has 0 N–H and O–H groups in total. The molecule has 0 spiro atoms. The zero-order chi connectivity index (χ0) is 14.5. The van der Waals surface area contributed by atoms with Gasteiger partial charge in [0.25, 0.3) is 0 Å². The van der Waals surface area contributed by atoms with Crippen molar-refractivity contribution in [2.24, 2.45) is 5.92 Å². The normalized spacial score (nSPS) is 13.2. The molecule has 0 aliphatic rings. The maximum Gasteiger partial charge on any atom is 0.309 e. The number of aromatic nitrogens is 3. The van der Waals surface area contributed by atoms with Crippen LogP contribution in [-0.4, -0.2) is 42.0 Å². The van der Waals surface area contributed by atoms with Crippen LogP contribution in [0.1, 0.15) is 26.1 Å². The number of hydrogen-bond acceptors (Lipinski definition) is 6. The van der Waals surface area contributed by atoms with Crippen LogP contribution in [0.5, 0.6) is 0 Å². The van der Waals surface area contributed by atoms with Gasteiger partial charge >= 0.3 is 5.97 Å². The van der Waals surface area contributed by atoms with Crippen molar-refractivity contribution in [1.82, 2.24) is 14.8 Å². The van der Waals surface area contributed by atoms with Crippen LogP contribution in [-0.2, 0) is 31.7 Å². The molecular weight excluding hydrogens is 270 g/mol. The lowest BCUT2D eigenvalue weighted by atomic mass is 10.2. The fourth-order valence-electron chi connectivity index (χ4n) is 1.70. The average Bonchev–Trinajstić information content (AvgIpc) is 2.74. The van der Waals surface area contributed by atoms with Gasteiger partial charge in [-0.15, -0.1) is 0 Å². The molecule has 1 aromatic rings. The second-order valence-electron chi connectivity index (χ2n) is 4.38. The summed E-state index contributed by atoms with van der Waals surface area (Å²) in [4.78, 5) is 15.2. The van der Waals surface area contributed by atoms with E-state index in [1.165, 1.54) is 20.4 Å². The van der Waals surface area contributed by atoms with Gasteiger partial charge in [0.1, 0.15) is 17.9 Å². The summed E-state index contributed by atoms with van der Waals surface area (Å²) in [5.74, 6) is -1.28. The summed E-state index contributed by atoms with van der Waals surface area (Å²) in [7, 11) is -2.18. The largest absolute Gasteiger partial charge is 0.469 e. The first-order valence-corrected chi connectivity index (χ1v) is 7.86. The number of aryl methyl sites for hydroxylation is 1. The predicted octanol–water partition coefficient (Wildman–Crippen LogP) is 0.412. The molecule has 0 amide bonds. The van der Waals surface area contributed by atoms with E-state index in [-0.39, 0.29) is 11.5 Å². The Labute approximate surface area is 112 Å². The van der Waals surface area contributed by atoms with Gasteiger partial charge in [0.15, 0.2) is 9.84 Å². The summed E-state index contributed by atoms with van der Waals surface area (Å²) in [5, 5.41) is 3.97. The fraction of sp³-hybridized carbons (Fsp3) is 0.727. The van der Waals surface area contributed by atoms with Crippen molar-refractivity contribution < 1.29 is 17.9 Å². The molecule has 0 bridgehead atoms. The first-order chi connectivity index (χ1) is 8.89. The lowest BCUT2D eigenvalue weighted by Crippen LogP contribution is -2.24. The highest BCUT2D eigenvalue weighted by atomic mass is 32.2. The Morgan fingerprint density at radius 3 is 2.79 bits per heavy atom. The predicted molar refractivity (Wildman–Crippen MR) is 69.0 cm³/mol. The van der Waals surface area contributed by atoms with Gasteiger partial charge in [-0.3, -0.25) is 4.79 Å². The molecule has 7 nitrogen and oxygen atoms in total. The van der Waals surface area contributed by atoms with Gasteiger partial charge in [-0.05, 0) is 6.42 Å². The Bertz CT molecular complexity index is 524. The number of sulfone groups is 1. The monoisotopic (exact) mass is 289 g/mol. The number of carbonyl (C=O) groups is 1. The second kappa shape index (κ2) is 6.65. The maximum atomic E-state index is 12.0. The zero-order valence-corrected chi connectivity index (χ0v) is 12.2. The van der Waals surface area contributed by atoms with Gasteiger partial charge < -0.3 is 4.74 Å². The summed E-state index contributed by atoms with van der Waals surface area (Å²) < 4.78 is 30.1. The third kappa shape index (κ3) is 4.62. The van der Waals surface area contributed by atoms with E-state index in [9.17, 15) is 13.2 Å². The van der Waals surface area contributed by atoms with Gasteiger partial charge in [-0.1, -0.05) is 13.8 Å². The lowest BCUT2D eigenvalue weighted by Gasteiger charge is -2.10. The third-order valence-corrected chi connectivity index (χ3v) is 4.29. The topological polar surface area (TPSA) is 91.1 Å². The number of rotatable bonds is 7. The van der Waals surface area contributed by atoms with Crippen LogP contribution in [0.3, 0.4) is 0 Å². The molecule has 0 saturated heterocycles. The van der Waals surface area contributed by atoms with E-state index < -0.39 is 21.7 Å². The number of esters is 1. The molecule has 0 fully saturated rings. The SMILES string of the molecule is CCCn1ncnc1CS(=O)(=O)CC(C)C(=O)OC. The Morgan fingerprint density at radius 1 is 1.53 bits per heavy atom. The Kier molecular flexibility index (Phi) is 5.46. The minimum Gasteiger partial charge on any atom is -0.469 e. The maximum absolute atomic E-state index is 12.0. The van der Waals surface area contributed by atoms with Crippen LogP contribution < -0.4 is 0 Å². The van der Waals surface area contributed by atoms with Crippen molar-refractivity contribution in [2.45, 2.75) is 32.6 Å². The van der Waals surface area contributed by atoms with Crippen LogP contribution in [0.4, 0.5) is 0 Å². The molecule has 0 saturated carbocycles. The van der Waals surface area contributed by atoms with Crippen molar-refractivity contribution in [2.75, 3.05) is 12.9 Å². The minimum absolute atomic E-state index is 0.214. The van der Waals surface area contributed by atoms with E-state index in [4.69, 9.17) is 0 Å². The molecule has 8 heteroatoms. The summed E-state index contributed by atoms with van der Waals surface area (Å²) in [6.45, 7) is 4.12. The van der Waals surface area contributed by atoms with Crippen LogP contribution in [0.25, 0.3) is 0 Å². The Hall–Kier alpha value is -1.44. The van der Waals surface area contributed by atoms with Gasteiger partial charge in [-0.2, -0.15) is 5.10 Å². The average molecular weight is 289 g/mol. The highest BCUT2D eigenvalue weighted by molar-refractivity contribution is 7.90. The van der Waals surface area contributed by atoms with Crippen LogP contribution in [0.15, 0.2) is 6.33 Å². The molecule has 19 heavy (non-hydrogen) atoms. The van der Waals surface area contributed by atoms with E-state index in [1.54, 1.807) is 4.68 Å². The molecule has 0 aliphatic heterocycles. The lowest BCUT2D eigenvalue weighted by molar-refractivity contribution is -0.144. The van der Waals surface area contributed by atoms with Gasteiger partial charge in [0.05, 0.1) is 18.8 Å². The van der Waals surface area contributed by atoms with Gasteiger partial charge in [0, 0.05) is 6.54 Å². The molecule has 1 unspecified atom stereocenters. The number of carbonyl (C=O) groups excluding carboxylic acids is 1. The van der Waals surface area contributed by atoms with Crippen LogP contribution in [0, 0.1) is 5.92 Å². The summed E-state index contributed by atoms with van der Waals surface area (Å²) >= 11 is 0. The Balaban J connectivity index is 2.74. The smallest absolute Gasteiger partial charge is 0.309 e. The standard InChI is InChI=1S/C11H19N3O4S/c1-4-5-14-10(12-8-13-14)7-19(16,17)6-9(2)11(15)18-3/h8-9H,4-7H2,1-3H3. The molecule has 1 aromatic heterocycles. The summed E-state index contributed by atoms with van der Waals surface area (Å²) in [6.07, 6.45) is 2.18. The van der Waals surface area contributed by atoms with E-state index in [0.717, 1.165) is 6.42 Å². The van der Waals surface area contributed by atoms with Gasteiger partial charge in [0.2, 0.25) is 0 Å². The van der Waals surface area contributed by atoms with Gasteiger partial charge in [-0.25, -0.2) is 18.1 Å². The minimum atomic E-state index is -3.42. The van der Waals surface area contributed by atoms with Crippen molar-refractivity contribution in [1.29, 1.82) is 0 Å². The zero-order valence-electron chi connectivity index (χ0n) is 11.4. The quantitative estimate of drug-likeness (QED) is 0.675. The van der Waals surface area contributed by atoms with Crippen molar-refractivity contribution in [3.8, 4) is 0 Å². The molecule has 1 atom stereocenters. The van der Waals surface area contributed by atoms with Crippen molar-refractivity contribution >= 4 is 15.8 Å². The number of nitrogens with zero attached hydrogens (tertiary/aromatic N) is 3. The number of ether oxygens (including phenoxy) is 1. The van der Waals surface area contributed by atoms with Crippen LogP contribution in [0.2, 0.25) is 0 Å². The third-order valence-electron chi connectivity index (χ3n) is 2.59. The van der Waals surface area contributed by atoms with Crippen molar-refractivity contribution in [3.05, 3.63) is 12.2 Å². The highest BCUT2D eigenvalue weighted by Crippen LogP contribution is 2.09. The molecule has 1 heterocycles. The first kappa shape index (κ1) is 15.6. The molecule has 1 rings (SSSR count). The van der Waals surface area contributed by atoms with E-state index in [0.29, 0.717) is 12.4 Å². The molecule has 0 radical (unpaired) electrons. The second-order valence-corrected chi connectivity index (χ2v) is 6.49.